The number of aliphatic carboxylic acids is 1. The molecule has 0 spiro atoms. The molecule has 0 N–H and O–H groups in total. The van der Waals surface area contributed by atoms with E-state index in [0.717, 1.165) is 16.7 Å². The van der Waals surface area contributed by atoms with Crippen LogP contribution in [0.4, 0.5) is 0 Å². The van der Waals surface area contributed by atoms with Crippen molar-refractivity contribution in [2.24, 2.45) is 0 Å². The van der Waals surface area contributed by atoms with Crippen molar-refractivity contribution in [1.29, 1.82) is 0 Å². The highest BCUT2D eigenvalue weighted by atomic mass is 32.2. The third-order valence-electron chi connectivity index (χ3n) is 2.61. The summed E-state index contributed by atoms with van der Waals surface area (Å²) in [4.78, 5) is 24.6. The van der Waals surface area contributed by atoms with Gasteiger partial charge in [-0.3, -0.25) is 9.69 Å². The fourth-order valence-corrected chi connectivity index (χ4v) is 3.04. The molecule has 0 aromatic carbocycles. The standard InChI is InChI=1S/C12H11NO4S2/c1-2-8(11(15)16)13-10(14)9(19-12(13)18)6-7-4-3-5-17-7/h3-6,8H,2H2,1H3,(H,15,16)/p-1/b9-6+/t8-/m1/s1. The van der Waals surface area contributed by atoms with Gasteiger partial charge in [-0.15, -0.1) is 0 Å². The molecule has 0 saturated carbocycles. The molecule has 1 aromatic heterocycles. The maximum absolute atomic E-state index is 12.2. The highest BCUT2D eigenvalue weighted by Crippen LogP contribution is 2.34. The molecule has 0 aliphatic carbocycles. The van der Waals surface area contributed by atoms with Crippen molar-refractivity contribution >= 4 is 46.3 Å². The van der Waals surface area contributed by atoms with Crippen molar-refractivity contribution in [2.45, 2.75) is 19.4 Å². The van der Waals surface area contributed by atoms with Gasteiger partial charge in [0.2, 0.25) is 0 Å². The lowest BCUT2D eigenvalue weighted by Gasteiger charge is -2.26. The second-order valence-corrected chi connectivity index (χ2v) is 5.49. The van der Waals surface area contributed by atoms with E-state index in [1.54, 1.807) is 25.1 Å². The first-order valence-electron chi connectivity index (χ1n) is 5.56. The summed E-state index contributed by atoms with van der Waals surface area (Å²) in [5.74, 6) is -1.22. The Labute approximate surface area is 119 Å². The summed E-state index contributed by atoms with van der Waals surface area (Å²) in [6, 6.07) is 2.36. The van der Waals surface area contributed by atoms with E-state index in [2.05, 4.69) is 0 Å². The summed E-state index contributed by atoms with van der Waals surface area (Å²) in [6.07, 6.45) is 3.27. The first-order chi connectivity index (χ1) is 9.04. The van der Waals surface area contributed by atoms with E-state index in [1.165, 1.54) is 6.26 Å². The molecule has 19 heavy (non-hydrogen) atoms. The third kappa shape index (κ3) is 2.71. The summed E-state index contributed by atoms with van der Waals surface area (Å²) in [5.41, 5.74) is 0. The quantitative estimate of drug-likeness (QED) is 0.610. The third-order valence-corrected chi connectivity index (χ3v) is 3.94. The van der Waals surface area contributed by atoms with Crippen LogP contribution in [0.1, 0.15) is 19.1 Å². The molecule has 1 amide bonds. The number of hydrogen-bond acceptors (Lipinski definition) is 6. The van der Waals surface area contributed by atoms with Crippen molar-refractivity contribution in [2.75, 3.05) is 0 Å². The summed E-state index contributed by atoms with van der Waals surface area (Å²) < 4.78 is 5.34. The van der Waals surface area contributed by atoms with Crippen LogP contribution >= 0.6 is 24.0 Å². The number of amides is 1. The van der Waals surface area contributed by atoms with Crippen LogP contribution in [-0.2, 0) is 9.59 Å². The largest absolute Gasteiger partial charge is 0.548 e. The fraction of sp³-hybridized carbons (Fsp3) is 0.250. The maximum Gasteiger partial charge on any atom is 0.266 e. The van der Waals surface area contributed by atoms with Crippen LogP contribution in [-0.4, -0.2) is 27.1 Å². The Morgan fingerprint density at radius 2 is 2.42 bits per heavy atom. The summed E-state index contributed by atoms with van der Waals surface area (Å²) in [5, 5.41) is 11.0. The van der Waals surface area contributed by atoms with E-state index < -0.39 is 17.9 Å². The van der Waals surface area contributed by atoms with Gasteiger partial charge in [0.15, 0.2) is 0 Å². The van der Waals surface area contributed by atoms with E-state index in [4.69, 9.17) is 16.6 Å². The molecule has 0 bridgehead atoms. The molecule has 1 atom stereocenters. The Morgan fingerprint density at radius 3 is 2.95 bits per heavy atom. The van der Waals surface area contributed by atoms with Crippen molar-refractivity contribution in [3.05, 3.63) is 29.1 Å². The molecule has 5 nitrogen and oxygen atoms in total. The zero-order chi connectivity index (χ0) is 14.0. The van der Waals surface area contributed by atoms with Crippen molar-refractivity contribution in [1.82, 2.24) is 4.90 Å². The zero-order valence-corrected chi connectivity index (χ0v) is 11.6. The van der Waals surface area contributed by atoms with Gasteiger partial charge in [0.05, 0.1) is 23.2 Å². The van der Waals surface area contributed by atoms with Crippen molar-refractivity contribution in [3.8, 4) is 0 Å². The Hall–Kier alpha value is -1.60. The number of carboxylic acids is 1. The molecule has 0 unspecified atom stereocenters. The summed E-state index contributed by atoms with van der Waals surface area (Å²) >= 11 is 6.12. The van der Waals surface area contributed by atoms with E-state index >= 15 is 0 Å². The Balaban J connectivity index is 2.28. The van der Waals surface area contributed by atoms with Gasteiger partial charge in [0, 0.05) is 6.08 Å². The van der Waals surface area contributed by atoms with Crippen LogP contribution in [0.2, 0.25) is 0 Å². The second-order valence-electron chi connectivity index (χ2n) is 3.81. The molecule has 1 aliphatic heterocycles. The predicted octanol–water partition coefficient (Wildman–Crippen LogP) is 1.01. The number of thiocarbonyl (C=S) groups is 1. The van der Waals surface area contributed by atoms with Gasteiger partial charge in [-0.25, -0.2) is 0 Å². The van der Waals surface area contributed by atoms with E-state index in [-0.39, 0.29) is 10.7 Å². The van der Waals surface area contributed by atoms with E-state index in [0.29, 0.717) is 10.7 Å². The highest BCUT2D eigenvalue weighted by Gasteiger charge is 2.37. The summed E-state index contributed by atoms with van der Waals surface area (Å²) in [6.45, 7) is 1.66. The minimum absolute atomic E-state index is 0.221. The van der Waals surface area contributed by atoms with Gasteiger partial charge in [0.1, 0.15) is 10.1 Å². The molecule has 1 saturated heterocycles. The number of furan rings is 1. The normalized spacial score (nSPS) is 19.2. The molecule has 0 radical (unpaired) electrons. The number of nitrogens with zero attached hydrogens (tertiary/aromatic N) is 1. The lowest BCUT2D eigenvalue weighted by molar-refractivity contribution is -0.310. The van der Waals surface area contributed by atoms with Crippen LogP contribution in [0.5, 0.6) is 0 Å². The Kier molecular flexibility index (Phi) is 4.06. The first-order valence-corrected chi connectivity index (χ1v) is 6.78. The van der Waals surface area contributed by atoms with Crippen molar-refractivity contribution in [3.63, 3.8) is 0 Å². The smallest absolute Gasteiger partial charge is 0.266 e. The monoisotopic (exact) mass is 296 g/mol. The molecular weight excluding hydrogens is 286 g/mol. The van der Waals surface area contributed by atoms with Crippen LogP contribution < -0.4 is 5.11 Å². The number of carbonyl (C=O) groups excluding carboxylic acids is 2. The number of thioether (sulfide) groups is 1. The number of carbonyl (C=O) groups is 2. The number of carboxylic acid groups (broad SMARTS) is 1. The number of hydrogen-bond donors (Lipinski definition) is 0. The predicted molar refractivity (Wildman–Crippen MR) is 72.8 cm³/mol. The Morgan fingerprint density at radius 1 is 1.68 bits per heavy atom. The van der Waals surface area contributed by atoms with Gasteiger partial charge in [-0.2, -0.15) is 0 Å². The Bertz CT molecular complexity index is 550. The topological polar surface area (TPSA) is 73.6 Å². The van der Waals surface area contributed by atoms with Crippen LogP contribution in [0.3, 0.4) is 0 Å². The first kappa shape index (κ1) is 13.8. The lowest BCUT2D eigenvalue weighted by Crippen LogP contribution is -2.49. The SMILES string of the molecule is CC[C@H](C(=O)[O-])N1C(=O)/C(=C\c2ccco2)SC1=S. The van der Waals surface area contributed by atoms with Crippen LogP contribution in [0.15, 0.2) is 27.7 Å². The molecule has 2 rings (SSSR count). The average Bonchev–Trinajstić information content (AvgIpc) is 2.94. The van der Waals surface area contributed by atoms with Crippen LogP contribution in [0.25, 0.3) is 6.08 Å². The minimum Gasteiger partial charge on any atom is -0.548 e. The maximum atomic E-state index is 12.2. The summed E-state index contributed by atoms with van der Waals surface area (Å²) in [7, 11) is 0. The van der Waals surface area contributed by atoms with E-state index in [9.17, 15) is 14.7 Å². The molecule has 7 heteroatoms. The number of rotatable bonds is 4. The molecule has 2 heterocycles. The second kappa shape index (κ2) is 5.58. The average molecular weight is 296 g/mol. The molecular formula is C12H10NO4S2-. The molecule has 1 aliphatic rings. The van der Waals surface area contributed by atoms with Gasteiger partial charge < -0.3 is 14.3 Å². The van der Waals surface area contributed by atoms with Gasteiger partial charge in [0.25, 0.3) is 5.91 Å². The molecule has 1 fully saturated rings. The van der Waals surface area contributed by atoms with Gasteiger partial charge in [-0.1, -0.05) is 30.9 Å². The molecule has 1 aromatic rings. The van der Waals surface area contributed by atoms with Gasteiger partial charge >= 0.3 is 0 Å². The van der Waals surface area contributed by atoms with Crippen molar-refractivity contribution < 1.29 is 19.1 Å². The van der Waals surface area contributed by atoms with Crippen LogP contribution in [0, 0.1) is 0 Å². The zero-order valence-electron chi connectivity index (χ0n) is 9.99. The minimum atomic E-state index is -1.31. The lowest BCUT2D eigenvalue weighted by atomic mass is 10.2. The van der Waals surface area contributed by atoms with Gasteiger partial charge in [-0.05, 0) is 18.6 Å². The highest BCUT2D eigenvalue weighted by molar-refractivity contribution is 8.26. The fourth-order valence-electron chi connectivity index (χ4n) is 1.71. The van der Waals surface area contributed by atoms with E-state index in [1.807, 2.05) is 0 Å². The molecule has 100 valence electrons.